The molecule has 3 aromatic rings. The first-order valence-electron chi connectivity index (χ1n) is 5.13. The summed E-state index contributed by atoms with van der Waals surface area (Å²) in [4.78, 5) is 15.6. The van der Waals surface area contributed by atoms with Crippen molar-refractivity contribution >= 4 is 22.3 Å². The van der Waals surface area contributed by atoms with Crippen molar-refractivity contribution in [3.8, 4) is 0 Å². The highest BCUT2D eigenvalue weighted by molar-refractivity contribution is 5.93. The van der Waals surface area contributed by atoms with Gasteiger partial charge in [0.2, 0.25) is 0 Å². The number of carbonyl (C=O) groups is 1. The molecule has 0 spiro atoms. The SMILES string of the molecule is CC(=O)c1cn2c(ccc3ccccc32)n1. The van der Waals surface area contributed by atoms with Gasteiger partial charge in [0.05, 0.1) is 5.52 Å². The summed E-state index contributed by atoms with van der Waals surface area (Å²) in [5.41, 5.74) is 2.39. The fourth-order valence-corrected chi connectivity index (χ4v) is 1.89. The zero-order chi connectivity index (χ0) is 11.1. The molecule has 0 saturated carbocycles. The summed E-state index contributed by atoms with van der Waals surface area (Å²) in [5.74, 6) is -0.00668. The van der Waals surface area contributed by atoms with Crippen LogP contribution < -0.4 is 0 Å². The summed E-state index contributed by atoms with van der Waals surface area (Å²) >= 11 is 0. The van der Waals surface area contributed by atoms with Gasteiger partial charge in [0.25, 0.3) is 0 Å². The highest BCUT2D eigenvalue weighted by atomic mass is 16.1. The molecular weight excluding hydrogens is 200 g/mol. The lowest BCUT2D eigenvalue weighted by Crippen LogP contribution is -1.90. The number of benzene rings is 1. The molecule has 0 aliphatic heterocycles. The van der Waals surface area contributed by atoms with E-state index in [0.717, 1.165) is 16.6 Å². The number of Topliss-reactive ketones (excluding diaryl/α,β-unsaturated/α-hetero) is 1. The Morgan fingerprint density at radius 1 is 1.19 bits per heavy atom. The molecule has 0 aliphatic carbocycles. The fraction of sp³-hybridized carbons (Fsp3) is 0.0769. The maximum Gasteiger partial charge on any atom is 0.179 e. The standard InChI is InChI=1S/C13H10N2O/c1-9(16)11-8-15-12-5-3-2-4-10(12)6-7-13(15)14-11/h2-8H,1H3. The van der Waals surface area contributed by atoms with E-state index < -0.39 is 0 Å². The topological polar surface area (TPSA) is 34.4 Å². The van der Waals surface area contributed by atoms with Crippen molar-refractivity contribution in [2.45, 2.75) is 6.92 Å². The number of aromatic nitrogens is 2. The van der Waals surface area contributed by atoms with Crippen LogP contribution in [0.1, 0.15) is 17.4 Å². The van der Waals surface area contributed by atoms with Gasteiger partial charge in [-0.25, -0.2) is 4.98 Å². The van der Waals surface area contributed by atoms with Crippen LogP contribution in [0, 0.1) is 0 Å². The molecule has 0 saturated heterocycles. The lowest BCUT2D eigenvalue weighted by molar-refractivity contribution is 0.101. The van der Waals surface area contributed by atoms with E-state index in [1.54, 1.807) is 6.20 Å². The van der Waals surface area contributed by atoms with Crippen molar-refractivity contribution < 1.29 is 4.79 Å². The van der Waals surface area contributed by atoms with Crippen LogP contribution in [0.5, 0.6) is 0 Å². The van der Waals surface area contributed by atoms with E-state index in [-0.39, 0.29) is 5.78 Å². The Kier molecular flexibility index (Phi) is 1.80. The van der Waals surface area contributed by atoms with Crippen molar-refractivity contribution in [2.24, 2.45) is 0 Å². The third kappa shape index (κ3) is 1.21. The number of imidazole rings is 1. The zero-order valence-electron chi connectivity index (χ0n) is 8.84. The second-order valence-electron chi connectivity index (χ2n) is 3.80. The molecule has 3 rings (SSSR count). The fourth-order valence-electron chi connectivity index (χ4n) is 1.89. The van der Waals surface area contributed by atoms with E-state index in [9.17, 15) is 4.79 Å². The number of para-hydroxylation sites is 1. The van der Waals surface area contributed by atoms with E-state index in [2.05, 4.69) is 4.98 Å². The van der Waals surface area contributed by atoms with Gasteiger partial charge in [-0.15, -0.1) is 0 Å². The molecule has 0 fully saturated rings. The third-order valence-corrected chi connectivity index (χ3v) is 2.70. The molecule has 16 heavy (non-hydrogen) atoms. The number of fused-ring (bicyclic) bond motifs is 3. The molecule has 78 valence electrons. The second-order valence-corrected chi connectivity index (χ2v) is 3.80. The molecule has 0 atom stereocenters. The molecule has 0 unspecified atom stereocenters. The number of ketones is 1. The van der Waals surface area contributed by atoms with E-state index >= 15 is 0 Å². The number of carbonyl (C=O) groups excluding carboxylic acids is 1. The summed E-state index contributed by atoms with van der Waals surface area (Å²) in [5, 5.41) is 1.14. The van der Waals surface area contributed by atoms with Gasteiger partial charge in [-0.3, -0.25) is 9.20 Å². The number of pyridine rings is 1. The van der Waals surface area contributed by atoms with Crippen LogP contribution in [0.15, 0.2) is 42.6 Å². The zero-order valence-corrected chi connectivity index (χ0v) is 8.84. The normalized spacial score (nSPS) is 11.1. The monoisotopic (exact) mass is 210 g/mol. The van der Waals surface area contributed by atoms with Crippen molar-refractivity contribution in [1.82, 2.24) is 9.38 Å². The number of nitrogens with zero attached hydrogens (tertiary/aromatic N) is 2. The van der Waals surface area contributed by atoms with Crippen LogP contribution in [0.4, 0.5) is 0 Å². The minimum absolute atomic E-state index is 0.00668. The summed E-state index contributed by atoms with van der Waals surface area (Å²) in [6.45, 7) is 1.53. The maximum absolute atomic E-state index is 11.3. The molecule has 0 amide bonds. The van der Waals surface area contributed by atoms with E-state index in [1.165, 1.54) is 6.92 Å². The number of rotatable bonds is 1. The Morgan fingerprint density at radius 2 is 2.00 bits per heavy atom. The van der Waals surface area contributed by atoms with Crippen molar-refractivity contribution in [3.05, 3.63) is 48.3 Å². The summed E-state index contributed by atoms with van der Waals surface area (Å²) in [6, 6.07) is 12.0. The van der Waals surface area contributed by atoms with Gasteiger partial charge in [-0.1, -0.05) is 18.2 Å². The van der Waals surface area contributed by atoms with Crippen molar-refractivity contribution in [3.63, 3.8) is 0 Å². The molecule has 3 heteroatoms. The lowest BCUT2D eigenvalue weighted by atomic mass is 10.2. The van der Waals surface area contributed by atoms with E-state index in [4.69, 9.17) is 0 Å². The first-order valence-corrected chi connectivity index (χ1v) is 5.13. The Morgan fingerprint density at radius 3 is 2.81 bits per heavy atom. The van der Waals surface area contributed by atoms with Crippen LogP contribution in [0.25, 0.3) is 16.6 Å². The smallest absolute Gasteiger partial charge is 0.179 e. The summed E-state index contributed by atoms with van der Waals surface area (Å²) < 4.78 is 1.95. The van der Waals surface area contributed by atoms with Gasteiger partial charge in [-0.2, -0.15) is 0 Å². The van der Waals surface area contributed by atoms with Gasteiger partial charge in [0, 0.05) is 13.1 Å². The average Bonchev–Trinajstić information content (AvgIpc) is 2.73. The Labute approximate surface area is 92.3 Å². The minimum atomic E-state index is -0.00668. The highest BCUT2D eigenvalue weighted by Crippen LogP contribution is 2.17. The molecule has 2 heterocycles. The highest BCUT2D eigenvalue weighted by Gasteiger charge is 2.07. The molecule has 2 aromatic heterocycles. The molecular formula is C13H10N2O. The summed E-state index contributed by atoms with van der Waals surface area (Å²) in [6.07, 6.45) is 1.79. The van der Waals surface area contributed by atoms with E-state index in [1.807, 2.05) is 40.8 Å². The largest absolute Gasteiger partial charge is 0.299 e. The quantitative estimate of drug-likeness (QED) is 0.579. The predicted octanol–water partition coefficient (Wildman–Crippen LogP) is 2.69. The first kappa shape index (κ1) is 9.09. The van der Waals surface area contributed by atoms with Crippen LogP contribution >= 0.6 is 0 Å². The molecule has 1 aromatic carbocycles. The Bertz CT molecular complexity index is 697. The Balaban J connectivity index is 2.46. The molecule has 0 radical (unpaired) electrons. The molecule has 0 N–H and O–H groups in total. The number of hydrogen-bond donors (Lipinski definition) is 0. The van der Waals surface area contributed by atoms with Crippen molar-refractivity contribution in [2.75, 3.05) is 0 Å². The van der Waals surface area contributed by atoms with Crippen molar-refractivity contribution in [1.29, 1.82) is 0 Å². The van der Waals surface area contributed by atoms with Crippen LogP contribution in [0.3, 0.4) is 0 Å². The number of hydrogen-bond acceptors (Lipinski definition) is 2. The van der Waals surface area contributed by atoms with Crippen LogP contribution in [-0.2, 0) is 0 Å². The minimum Gasteiger partial charge on any atom is -0.299 e. The molecule has 0 aliphatic rings. The van der Waals surface area contributed by atoms with Gasteiger partial charge < -0.3 is 0 Å². The van der Waals surface area contributed by atoms with E-state index in [0.29, 0.717) is 5.69 Å². The van der Waals surface area contributed by atoms with Gasteiger partial charge in [0.1, 0.15) is 11.3 Å². The van der Waals surface area contributed by atoms with Gasteiger partial charge in [0.15, 0.2) is 5.78 Å². The summed E-state index contributed by atoms with van der Waals surface area (Å²) in [7, 11) is 0. The molecule has 3 nitrogen and oxygen atoms in total. The van der Waals surface area contributed by atoms with Crippen LogP contribution in [-0.4, -0.2) is 15.2 Å². The lowest BCUT2D eigenvalue weighted by Gasteiger charge is -1.99. The first-order chi connectivity index (χ1) is 7.75. The third-order valence-electron chi connectivity index (χ3n) is 2.70. The maximum atomic E-state index is 11.3. The molecule has 0 bridgehead atoms. The average molecular weight is 210 g/mol. The van der Waals surface area contributed by atoms with Gasteiger partial charge in [-0.05, 0) is 23.6 Å². The van der Waals surface area contributed by atoms with Crippen LogP contribution in [0.2, 0.25) is 0 Å². The Hall–Kier alpha value is -2.16. The van der Waals surface area contributed by atoms with Gasteiger partial charge >= 0.3 is 0 Å². The second kappa shape index (κ2) is 3.17. The predicted molar refractivity (Wildman–Crippen MR) is 62.7 cm³/mol.